The van der Waals surface area contributed by atoms with Gasteiger partial charge in [0.2, 0.25) is 0 Å². The second kappa shape index (κ2) is 19.6. The first-order valence-electron chi connectivity index (χ1n) is 19.1. The Balaban J connectivity index is 0.934. The summed E-state index contributed by atoms with van der Waals surface area (Å²) in [6.45, 7) is -3.01. The highest BCUT2D eigenvalue weighted by molar-refractivity contribution is 5.34. The summed E-state index contributed by atoms with van der Waals surface area (Å²) in [5.74, 6) is 0.259. The van der Waals surface area contributed by atoms with Crippen LogP contribution in [0.4, 0.5) is 0 Å². The largest absolute Gasteiger partial charge is 0.436 e. The number of hydrogen-bond acceptors (Lipinski definition) is 26. The number of benzene rings is 1. The van der Waals surface area contributed by atoms with Crippen molar-refractivity contribution in [3.63, 3.8) is 0 Å². The molecule has 0 amide bonds. The monoisotopic (exact) mass is 892 g/mol. The lowest BCUT2D eigenvalue weighted by Crippen LogP contribution is -2.63. The van der Waals surface area contributed by atoms with Gasteiger partial charge in [0.05, 0.1) is 38.8 Å². The third-order valence-corrected chi connectivity index (χ3v) is 10.7. The van der Waals surface area contributed by atoms with Crippen LogP contribution in [0.25, 0.3) is 0 Å². The summed E-state index contributed by atoms with van der Waals surface area (Å²) in [4.78, 5) is 0. The Morgan fingerprint density at radius 3 is 1.13 bits per heavy atom. The van der Waals surface area contributed by atoms with Crippen molar-refractivity contribution < 1.29 is 109 Å². The van der Waals surface area contributed by atoms with Gasteiger partial charge in [0, 0.05) is 0 Å². The number of hydrogen-bond donors (Lipinski definition) is 14. The highest BCUT2D eigenvalue weighted by atomic mass is 16.7. The SMILES string of the molecule is OC[C@H]1O[C@@H](O[C@H]2[C@H](O)[C@@H](O)[C@H](n3cc(Oc4ccc(Oc5cn([C@@H]6O[C@H](CO)[C@@H](O[C@@H]7O[C@H](CO)[C@H](O)[C@H](O)[C@H]7O)[C@H](O)[C@H]6O)nn5)cc4)nn3)O[C@@H]2CO)[C@H](O)[C@@H](O)[C@H]1O. The Bertz CT molecular complexity index is 1740. The summed E-state index contributed by atoms with van der Waals surface area (Å²) in [7, 11) is 0. The standard InChI is InChI=1S/C34H48N6O22/c41-7-13-19(45)21(47)27(53)33(59-13)61-29-15(9-43)57-31(25(51)23(29)49)39-5-17(35-37-39)55-11-1-2-12(4-3-11)56-18-6-40(38-36-18)32-26(52)24(50)30(16(10-44)58-32)62-34-28(54)22(48)20(46)14(8-42)60-34/h1-6,13-16,19-34,41-54H,7-10H2/t13-,14-,15-,16-,19+,20+,21+,22+,23-,24-,25-,26-,27-,28-,29-,30-,31-,32-,33+,34+/m1/s1. The van der Waals surface area contributed by atoms with Crippen molar-refractivity contribution in [3.05, 3.63) is 36.7 Å². The molecule has 2 aromatic heterocycles. The predicted molar refractivity (Wildman–Crippen MR) is 190 cm³/mol. The molecule has 4 fully saturated rings. The highest BCUT2D eigenvalue weighted by Crippen LogP contribution is 2.36. The molecule has 4 aliphatic rings. The molecule has 4 aliphatic heterocycles. The Hall–Kier alpha value is -3.70. The topological polar surface area (TPSA) is 418 Å². The lowest BCUT2D eigenvalue weighted by Gasteiger charge is -2.45. The lowest BCUT2D eigenvalue weighted by atomic mass is 9.96. The molecule has 0 radical (unpaired) electrons. The van der Waals surface area contributed by atoms with Crippen molar-refractivity contribution in [2.75, 3.05) is 26.4 Å². The quantitative estimate of drug-likeness (QED) is 0.0714. The molecule has 346 valence electrons. The smallest absolute Gasteiger partial charge is 0.259 e. The zero-order chi connectivity index (χ0) is 44.6. The van der Waals surface area contributed by atoms with Crippen molar-refractivity contribution >= 4 is 0 Å². The minimum Gasteiger partial charge on any atom is -0.436 e. The van der Waals surface area contributed by atoms with Crippen molar-refractivity contribution in [2.24, 2.45) is 0 Å². The fourth-order valence-corrected chi connectivity index (χ4v) is 7.26. The molecule has 7 rings (SSSR count). The molecule has 62 heavy (non-hydrogen) atoms. The van der Waals surface area contributed by atoms with Gasteiger partial charge in [-0.05, 0) is 24.3 Å². The summed E-state index contributed by atoms with van der Waals surface area (Å²) >= 11 is 0. The minimum absolute atomic E-state index is 0.0950. The number of nitrogens with zero attached hydrogens (tertiary/aromatic N) is 6. The van der Waals surface area contributed by atoms with Crippen molar-refractivity contribution in [1.82, 2.24) is 30.0 Å². The summed E-state index contributed by atoms with van der Waals surface area (Å²) in [6, 6.07) is 5.90. The van der Waals surface area contributed by atoms with E-state index in [0.717, 1.165) is 9.36 Å². The summed E-state index contributed by atoms with van der Waals surface area (Å²) in [5, 5.41) is 159. The lowest BCUT2D eigenvalue weighted by molar-refractivity contribution is -0.347. The van der Waals surface area contributed by atoms with Crippen LogP contribution in [0, 0.1) is 0 Å². The Morgan fingerprint density at radius 2 is 0.790 bits per heavy atom. The molecule has 20 atom stereocenters. The van der Waals surface area contributed by atoms with Crippen LogP contribution >= 0.6 is 0 Å². The minimum atomic E-state index is -1.83. The molecular weight excluding hydrogens is 844 g/mol. The number of rotatable bonds is 14. The van der Waals surface area contributed by atoms with Gasteiger partial charge in [0.25, 0.3) is 11.8 Å². The van der Waals surface area contributed by atoms with E-state index in [1.165, 1.54) is 36.7 Å². The van der Waals surface area contributed by atoms with Crippen LogP contribution in [0.5, 0.6) is 23.3 Å². The number of aromatic nitrogens is 6. The summed E-state index contributed by atoms with van der Waals surface area (Å²) < 4.78 is 46.8. The van der Waals surface area contributed by atoms with Gasteiger partial charge in [-0.25, -0.2) is 9.36 Å². The van der Waals surface area contributed by atoms with Crippen molar-refractivity contribution in [3.8, 4) is 23.3 Å². The van der Waals surface area contributed by atoms with E-state index in [1.807, 2.05) is 0 Å². The average molecular weight is 893 g/mol. The van der Waals surface area contributed by atoms with Gasteiger partial charge in [0.1, 0.15) is 109 Å². The molecule has 14 N–H and O–H groups in total. The average Bonchev–Trinajstić information content (AvgIpc) is 3.94. The number of ether oxygens (including phenoxy) is 8. The van der Waals surface area contributed by atoms with Crippen LogP contribution < -0.4 is 9.47 Å². The summed E-state index contributed by atoms with van der Waals surface area (Å²) in [5.41, 5.74) is 0. The first-order valence-corrected chi connectivity index (χ1v) is 19.1. The number of aliphatic hydroxyl groups is 14. The van der Waals surface area contributed by atoms with E-state index >= 15 is 0 Å². The Kier molecular flexibility index (Phi) is 14.6. The molecule has 28 nitrogen and oxygen atoms in total. The Labute approximate surface area is 348 Å². The maximum atomic E-state index is 11.0. The molecule has 28 heteroatoms. The van der Waals surface area contributed by atoms with Crippen molar-refractivity contribution in [2.45, 2.75) is 123 Å². The third kappa shape index (κ3) is 9.27. The molecule has 0 spiro atoms. The molecule has 4 saturated heterocycles. The van der Waals surface area contributed by atoms with Crippen LogP contribution in [0.1, 0.15) is 12.5 Å². The van der Waals surface area contributed by atoms with Crippen LogP contribution in [0.2, 0.25) is 0 Å². The maximum absolute atomic E-state index is 11.0. The van der Waals surface area contributed by atoms with E-state index in [1.54, 1.807) is 0 Å². The number of aliphatic hydroxyl groups excluding tert-OH is 14. The highest BCUT2D eigenvalue weighted by Gasteiger charge is 2.53. The van der Waals surface area contributed by atoms with Gasteiger partial charge in [0.15, 0.2) is 25.0 Å². The van der Waals surface area contributed by atoms with Gasteiger partial charge >= 0.3 is 0 Å². The molecule has 6 heterocycles. The van der Waals surface area contributed by atoms with Crippen molar-refractivity contribution in [1.29, 1.82) is 0 Å². The maximum Gasteiger partial charge on any atom is 0.259 e. The molecule has 0 aliphatic carbocycles. The molecule has 0 unspecified atom stereocenters. The van der Waals surface area contributed by atoms with Gasteiger partial charge in [-0.1, -0.05) is 20.6 Å². The fraction of sp³-hybridized carbons (Fsp3) is 0.706. The molecular formula is C34H48N6O22. The zero-order valence-electron chi connectivity index (χ0n) is 32.0. The van der Waals surface area contributed by atoms with Crippen LogP contribution in [0.15, 0.2) is 36.7 Å². The predicted octanol–water partition coefficient (Wildman–Crippen LogP) is -7.95. The molecule has 3 aromatic rings. The Morgan fingerprint density at radius 1 is 0.435 bits per heavy atom. The van der Waals surface area contributed by atoms with Gasteiger partial charge in [-0.2, -0.15) is 0 Å². The second-order valence-corrected chi connectivity index (χ2v) is 14.8. The van der Waals surface area contributed by atoms with Gasteiger partial charge < -0.3 is 109 Å². The van der Waals surface area contributed by atoms with E-state index in [9.17, 15) is 71.5 Å². The third-order valence-electron chi connectivity index (χ3n) is 10.7. The second-order valence-electron chi connectivity index (χ2n) is 14.8. The summed E-state index contributed by atoms with van der Waals surface area (Å²) in [6.07, 6.45) is -29.9. The van der Waals surface area contributed by atoms with E-state index in [2.05, 4.69) is 20.6 Å². The van der Waals surface area contributed by atoms with E-state index in [0.29, 0.717) is 0 Å². The van der Waals surface area contributed by atoms with Crippen LogP contribution in [0.3, 0.4) is 0 Å². The zero-order valence-corrected chi connectivity index (χ0v) is 32.0. The first kappa shape index (κ1) is 46.3. The fourth-order valence-electron chi connectivity index (χ4n) is 7.26. The van der Waals surface area contributed by atoms with Crippen LogP contribution in [-0.2, 0) is 28.4 Å². The van der Waals surface area contributed by atoms with E-state index in [4.69, 9.17) is 37.9 Å². The molecule has 1 aromatic carbocycles. The normalized spacial score (nSPS) is 41.5. The van der Waals surface area contributed by atoms with E-state index < -0.39 is 149 Å². The van der Waals surface area contributed by atoms with Crippen LogP contribution in [-0.4, -0.2) is 238 Å². The van der Waals surface area contributed by atoms with E-state index in [-0.39, 0.29) is 23.3 Å². The molecule has 0 saturated carbocycles. The van der Waals surface area contributed by atoms with Gasteiger partial charge in [-0.15, -0.1) is 0 Å². The first-order chi connectivity index (χ1) is 29.7. The van der Waals surface area contributed by atoms with Gasteiger partial charge in [-0.3, -0.25) is 0 Å². The molecule has 0 bridgehead atoms.